The maximum atomic E-state index is 14.4. The summed E-state index contributed by atoms with van der Waals surface area (Å²) in [6.07, 6.45) is -5.81. The average molecular weight is 504 g/mol. The fourth-order valence-corrected chi connectivity index (χ4v) is 4.01. The van der Waals surface area contributed by atoms with E-state index in [0.717, 1.165) is 38.4 Å². The van der Waals surface area contributed by atoms with Crippen LogP contribution in [-0.4, -0.2) is 51.9 Å². The summed E-state index contributed by atoms with van der Waals surface area (Å²) in [5.41, 5.74) is 2.11. The number of ether oxygens (including phenoxy) is 2. The maximum Gasteiger partial charge on any atom is 0.417 e. The monoisotopic (exact) mass is 504 g/mol. The lowest BCUT2D eigenvalue weighted by atomic mass is 9.77. The highest BCUT2D eigenvalue weighted by atomic mass is 19.4. The number of methoxy groups -OCH3 is 1. The number of rotatable bonds is 4. The number of carbonyl (C=O) groups excluding carboxylic acids is 1. The van der Waals surface area contributed by atoms with Gasteiger partial charge < -0.3 is 25.6 Å². The van der Waals surface area contributed by atoms with E-state index in [2.05, 4.69) is 10.1 Å². The van der Waals surface area contributed by atoms with Gasteiger partial charge in [0.15, 0.2) is 23.0 Å². The number of alkyl halides is 3. The lowest BCUT2D eigenvalue weighted by molar-refractivity contribution is -0.272. The smallest absolute Gasteiger partial charge is 0.417 e. The van der Waals surface area contributed by atoms with E-state index < -0.39 is 58.8 Å². The number of aromatic nitrogens is 1. The fourth-order valence-electron chi connectivity index (χ4n) is 4.01. The van der Waals surface area contributed by atoms with E-state index in [1.807, 2.05) is 0 Å². The number of nitrogens with zero attached hydrogens (tertiary/aromatic N) is 3. The lowest BCUT2D eigenvalue weighted by Gasteiger charge is -2.32. The van der Waals surface area contributed by atoms with Crippen molar-refractivity contribution in [2.45, 2.75) is 37.6 Å². The zero-order valence-electron chi connectivity index (χ0n) is 18.5. The standard InChI is InChI=1S/C21H21F5N4O5/c1-9-14(11-4-5-12(22)15(23)16(11)34-3)17(35-20(9,2)21(24,25)26)19(31)28-10-6-7-30(33)13(8-10)18(27)29-32/h4-9,14,17,32-33H,1-3H3,(H2,27,29)/t9-,14-,17+,20+/m0/s1. The van der Waals surface area contributed by atoms with Gasteiger partial charge in [-0.15, -0.1) is 0 Å². The first-order valence-corrected chi connectivity index (χ1v) is 10.0. The molecule has 14 heteroatoms. The molecule has 1 saturated heterocycles. The fraction of sp³-hybridized carbons (Fsp3) is 0.381. The van der Waals surface area contributed by atoms with Crippen LogP contribution in [-0.2, 0) is 9.53 Å². The molecule has 0 spiro atoms. The molecular formula is C21H21F5N4O5. The van der Waals surface area contributed by atoms with Gasteiger partial charge in [-0.25, -0.2) is 9.38 Å². The number of pyridine rings is 1. The molecule has 4 N–H and O–H groups in total. The van der Waals surface area contributed by atoms with E-state index in [0.29, 0.717) is 10.8 Å². The molecule has 4 atom stereocenters. The van der Waals surface area contributed by atoms with E-state index in [4.69, 9.17) is 20.4 Å². The van der Waals surface area contributed by atoms with E-state index in [1.54, 1.807) is 0 Å². The van der Waals surface area contributed by atoms with Crippen LogP contribution in [0, 0.1) is 17.6 Å². The summed E-state index contributed by atoms with van der Waals surface area (Å²) in [5, 5.41) is 21.1. The molecule has 9 nitrogen and oxygen atoms in total. The number of nitrogens with two attached hydrogens (primary N) is 1. The Morgan fingerprint density at radius 3 is 2.51 bits per heavy atom. The second kappa shape index (κ2) is 9.17. The van der Waals surface area contributed by atoms with Gasteiger partial charge in [-0.2, -0.15) is 22.3 Å². The Morgan fingerprint density at radius 1 is 1.29 bits per heavy atom. The number of hydrogen-bond acceptors (Lipinski definition) is 6. The van der Waals surface area contributed by atoms with Gasteiger partial charge in [0.2, 0.25) is 5.82 Å². The second-order valence-electron chi connectivity index (χ2n) is 7.99. The molecule has 1 aliphatic heterocycles. The minimum Gasteiger partial charge on any atom is -0.493 e. The SMILES string of the molecule is COc1c([C@H]2[C@H](C(=O)N=c3ccn(O)c(/C(N)=N/O)c3)O[C@@](C)(C(F)(F)F)[C@H]2C)ccc(F)c1F. The summed E-state index contributed by atoms with van der Waals surface area (Å²) in [6.45, 7) is 1.91. The minimum atomic E-state index is -4.93. The maximum absolute atomic E-state index is 14.4. The largest absolute Gasteiger partial charge is 0.493 e. The molecule has 0 bridgehead atoms. The molecule has 1 amide bonds. The number of amidine groups is 1. The van der Waals surface area contributed by atoms with Crippen LogP contribution in [0.1, 0.15) is 31.0 Å². The van der Waals surface area contributed by atoms with Crippen molar-refractivity contribution < 1.29 is 46.6 Å². The third-order valence-corrected chi connectivity index (χ3v) is 6.08. The van der Waals surface area contributed by atoms with Crippen LogP contribution in [0.3, 0.4) is 0 Å². The van der Waals surface area contributed by atoms with Crippen molar-refractivity contribution in [3.63, 3.8) is 0 Å². The van der Waals surface area contributed by atoms with Gasteiger partial charge in [-0.05, 0) is 25.1 Å². The normalized spacial score (nSPS) is 25.7. The number of halogens is 5. The first-order valence-electron chi connectivity index (χ1n) is 10.0. The summed E-state index contributed by atoms with van der Waals surface area (Å²) in [5.74, 6) is -7.99. The van der Waals surface area contributed by atoms with Crippen molar-refractivity contribution in [2.24, 2.45) is 21.8 Å². The van der Waals surface area contributed by atoms with E-state index in [9.17, 15) is 32.0 Å². The first kappa shape index (κ1) is 25.9. The number of benzene rings is 1. The average Bonchev–Trinajstić information content (AvgIpc) is 3.08. The first-order chi connectivity index (χ1) is 16.3. The van der Waals surface area contributed by atoms with Crippen molar-refractivity contribution in [1.29, 1.82) is 0 Å². The predicted octanol–water partition coefficient (Wildman–Crippen LogP) is 2.67. The molecule has 0 aliphatic carbocycles. The zero-order valence-corrected chi connectivity index (χ0v) is 18.5. The lowest BCUT2D eigenvalue weighted by Crippen LogP contribution is -2.47. The molecular weight excluding hydrogens is 483 g/mol. The van der Waals surface area contributed by atoms with Crippen LogP contribution >= 0.6 is 0 Å². The van der Waals surface area contributed by atoms with Gasteiger partial charge in [0.1, 0.15) is 11.8 Å². The Kier molecular flexibility index (Phi) is 6.79. The summed E-state index contributed by atoms with van der Waals surface area (Å²) in [4.78, 5) is 16.9. The summed E-state index contributed by atoms with van der Waals surface area (Å²) < 4.78 is 80.7. The highest BCUT2D eigenvalue weighted by Crippen LogP contribution is 2.55. The number of carbonyl (C=O) groups is 1. The molecule has 190 valence electrons. The number of oxime groups is 1. The molecule has 0 radical (unpaired) electrons. The van der Waals surface area contributed by atoms with E-state index in [-0.39, 0.29) is 16.6 Å². The summed E-state index contributed by atoms with van der Waals surface area (Å²) in [7, 11) is 1.01. The Morgan fingerprint density at radius 2 is 1.94 bits per heavy atom. The Hall–Kier alpha value is -3.68. The zero-order chi connectivity index (χ0) is 26.3. The molecule has 0 saturated carbocycles. The summed E-state index contributed by atoms with van der Waals surface area (Å²) >= 11 is 0. The van der Waals surface area contributed by atoms with Crippen LogP contribution in [0.25, 0.3) is 0 Å². The second-order valence-corrected chi connectivity index (χ2v) is 7.99. The topological polar surface area (TPSA) is 132 Å². The van der Waals surface area contributed by atoms with Crippen molar-refractivity contribution in [1.82, 2.24) is 4.73 Å². The molecule has 35 heavy (non-hydrogen) atoms. The molecule has 3 rings (SSSR count). The predicted molar refractivity (Wildman–Crippen MR) is 109 cm³/mol. The molecule has 2 aromatic rings. The minimum absolute atomic E-state index is 0.172. The van der Waals surface area contributed by atoms with Crippen LogP contribution in [0.2, 0.25) is 0 Å². The van der Waals surface area contributed by atoms with Crippen LogP contribution in [0.15, 0.2) is 40.6 Å². The van der Waals surface area contributed by atoms with Gasteiger partial charge >= 0.3 is 6.18 Å². The van der Waals surface area contributed by atoms with Gasteiger partial charge in [0, 0.05) is 23.6 Å². The number of amides is 1. The van der Waals surface area contributed by atoms with Crippen LogP contribution in [0.5, 0.6) is 5.75 Å². The Bertz CT molecular complexity index is 1250. The van der Waals surface area contributed by atoms with Crippen molar-refractivity contribution in [3.8, 4) is 5.75 Å². The number of hydrogen-bond donors (Lipinski definition) is 3. The van der Waals surface area contributed by atoms with Crippen molar-refractivity contribution in [3.05, 3.63) is 58.7 Å². The van der Waals surface area contributed by atoms with Gasteiger partial charge in [-0.1, -0.05) is 18.1 Å². The van der Waals surface area contributed by atoms with Gasteiger partial charge in [-0.3, -0.25) is 4.79 Å². The third kappa shape index (κ3) is 4.40. The Labute approximate surface area is 194 Å². The quantitative estimate of drug-likeness (QED) is 0.147. The highest BCUT2D eigenvalue weighted by Gasteiger charge is 2.65. The molecule has 2 heterocycles. The Balaban J connectivity index is 2.18. The van der Waals surface area contributed by atoms with E-state index >= 15 is 0 Å². The van der Waals surface area contributed by atoms with Gasteiger partial charge in [0.25, 0.3) is 5.91 Å². The van der Waals surface area contributed by atoms with Crippen LogP contribution in [0.4, 0.5) is 22.0 Å². The van der Waals surface area contributed by atoms with Gasteiger partial charge in [0.05, 0.1) is 12.5 Å². The molecule has 1 aromatic heterocycles. The van der Waals surface area contributed by atoms with Crippen molar-refractivity contribution in [2.75, 3.05) is 7.11 Å². The van der Waals surface area contributed by atoms with Crippen molar-refractivity contribution >= 4 is 11.7 Å². The third-order valence-electron chi connectivity index (χ3n) is 6.08. The van der Waals surface area contributed by atoms with E-state index in [1.165, 1.54) is 6.92 Å². The summed E-state index contributed by atoms with van der Waals surface area (Å²) in [6, 6.07) is 3.89. The highest BCUT2D eigenvalue weighted by molar-refractivity contribution is 5.95. The molecule has 1 fully saturated rings. The molecule has 1 aromatic carbocycles. The molecule has 1 aliphatic rings. The van der Waals surface area contributed by atoms with Crippen LogP contribution < -0.4 is 15.8 Å². The molecule has 0 unspecified atom stereocenters.